The van der Waals surface area contributed by atoms with Crippen LogP contribution in [0.2, 0.25) is 0 Å². The highest BCUT2D eigenvalue weighted by Gasteiger charge is 2.15. The van der Waals surface area contributed by atoms with E-state index in [2.05, 4.69) is 0 Å². The van der Waals surface area contributed by atoms with E-state index in [1.165, 1.54) is 0 Å². The van der Waals surface area contributed by atoms with Crippen LogP contribution in [0.3, 0.4) is 0 Å². The van der Waals surface area contributed by atoms with Gasteiger partial charge in [-0.3, -0.25) is 0 Å². The van der Waals surface area contributed by atoms with E-state index in [9.17, 15) is 0 Å². The number of aliphatic hydroxyl groups excluding tert-OH is 1. The number of aliphatic hydroxyl groups is 1. The molecule has 0 fully saturated rings. The topological polar surface area (TPSA) is 38.7 Å². The van der Waals surface area contributed by atoms with Crippen LogP contribution in [0.25, 0.3) is 0 Å². The maximum absolute atomic E-state index is 8.40. The van der Waals surface area contributed by atoms with Gasteiger partial charge in [-0.2, -0.15) is 0 Å². The molecule has 11 heavy (non-hydrogen) atoms. The molecule has 0 bridgehead atoms. The van der Waals surface area contributed by atoms with E-state index in [1.54, 1.807) is 7.11 Å². The van der Waals surface area contributed by atoms with Gasteiger partial charge in [0.05, 0.1) is 18.8 Å². The zero-order chi connectivity index (χ0) is 8.74. The molecule has 0 amide bonds. The number of ether oxygens (including phenoxy) is 2. The molecule has 0 aromatic rings. The van der Waals surface area contributed by atoms with Gasteiger partial charge in [-0.15, -0.1) is 0 Å². The van der Waals surface area contributed by atoms with Crippen LogP contribution in [0, 0.1) is 0 Å². The Morgan fingerprint density at radius 2 is 1.91 bits per heavy atom. The van der Waals surface area contributed by atoms with Gasteiger partial charge in [0, 0.05) is 13.7 Å². The largest absolute Gasteiger partial charge is 0.394 e. The van der Waals surface area contributed by atoms with Gasteiger partial charge >= 0.3 is 0 Å². The van der Waals surface area contributed by atoms with Gasteiger partial charge in [-0.1, -0.05) is 0 Å². The highest BCUT2D eigenvalue weighted by atomic mass is 16.5. The minimum atomic E-state index is -0.116. The van der Waals surface area contributed by atoms with E-state index in [0.717, 1.165) is 6.42 Å². The fourth-order valence-electron chi connectivity index (χ4n) is 0.587. The van der Waals surface area contributed by atoms with Crippen molar-refractivity contribution < 1.29 is 14.6 Å². The van der Waals surface area contributed by atoms with Gasteiger partial charge < -0.3 is 14.6 Å². The molecule has 0 radical (unpaired) electrons. The molecule has 0 saturated carbocycles. The van der Waals surface area contributed by atoms with Crippen LogP contribution in [0.1, 0.15) is 20.3 Å². The Labute approximate surface area is 68.3 Å². The Kier molecular flexibility index (Phi) is 5.46. The van der Waals surface area contributed by atoms with Crippen LogP contribution in [0.5, 0.6) is 0 Å². The van der Waals surface area contributed by atoms with E-state index in [1.807, 2.05) is 13.8 Å². The third kappa shape index (κ3) is 6.28. The maximum Gasteiger partial charge on any atom is 0.0697 e. The van der Waals surface area contributed by atoms with Crippen molar-refractivity contribution in [3.8, 4) is 0 Å². The number of hydrogen-bond acceptors (Lipinski definition) is 3. The predicted octanol–water partition coefficient (Wildman–Crippen LogP) is 0.810. The van der Waals surface area contributed by atoms with E-state index in [0.29, 0.717) is 13.2 Å². The lowest BCUT2D eigenvalue weighted by molar-refractivity contribution is -0.0138. The van der Waals surface area contributed by atoms with Crippen LogP contribution in [-0.2, 0) is 9.47 Å². The molecule has 0 aliphatic carbocycles. The minimum absolute atomic E-state index is 0.0907. The van der Waals surface area contributed by atoms with Gasteiger partial charge in [-0.25, -0.2) is 0 Å². The molecule has 3 nitrogen and oxygen atoms in total. The van der Waals surface area contributed by atoms with Crippen molar-refractivity contribution >= 4 is 0 Å². The Balaban J connectivity index is 3.23. The molecule has 0 atom stereocenters. The monoisotopic (exact) mass is 162 g/mol. The average molecular weight is 162 g/mol. The summed E-state index contributed by atoms with van der Waals surface area (Å²) in [7, 11) is 1.69. The van der Waals surface area contributed by atoms with Gasteiger partial charge in [0.1, 0.15) is 0 Å². The lowest BCUT2D eigenvalue weighted by atomic mass is 10.1. The Morgan fingerprint density at radius 1 is 1.27 bits per heavy atom. The fraction of sp³-hybridized carbons (Fsp3) is 1.00. The summed E-state index contributed by atoms with van der Waals surface area (Å²) >= 11 is 0. The second-order valence-electron chi connectivity index (χ2n) is 3.05. The normalized spacial score (nSPS) is 12.0. The zero-order valence-electron chi connectivity index (χ0n) is 7.59. The lowest BCUT2D eigenvalue weighted by Crippen LogP contribution is -2.24. The van der Waals surface area contributed by atoms with Crippen LogP contribution in [-0.4, -0.2) is 37.6 Å². The zero-order valence-corrected chi connectivity index (χ0v) is 7.59. The van der Waals surface area contributed by atoms with Gasteiger partial charge in [0.15, 0.2) is 0 Å². The van der Waals surface area contributed by atoms with Crippen molar-refractivity contribution in [2.24, 2.45) is 0 Å². The van der Waals surface area contributed by atoms with Crippen molar-refractivity contribution in [3.63, 3.8) is 0 Å². The standard InChI is InChI=1S/C8H18O3/c1-8(2,10-3)4-6-11-7-5-9/h9H,4-7H2,1-3H3. The van der Waals surface area contributed by atoms with Gasteiger partial charge in [0.25, 0.3) is 0 Å². The number of rotatable bonds is 6. The highest BCUT2D eigenvalue weighted by Crippen LogP contribution is 2.11. The Morgan fingerprint density at radius 3 is 2.36 bits per heavy atom. The average Bonchev–Trinajstić information content (AvgIpc) is 1.99. The first kappa shape index (κ1) is 10.9. The molecule has 0 unspecified atom stereocenters. The summed E-state index contributed by atoms with van der Waals surface area (Å²) in [5.41, 5.74) is -0.116. The molecule has 0 aliphatic heterocycles. The smallest absolute Gasteiger partial charge is 0.0697 e. The van der Waals surface area contributed by atoms with Gasteiger partial charge in [-0.05, 0) is 20.3 Å². The molecule has 1 N–H and O–H groups in total. The second kappa shape index (κ2) is 5.52. The van der Waals surface area contributed by atoms with Crippen molar-refractivity contribution in [2.75, 3.05) is 26.9 Å². The second-order valence-corrected chi connectivity index (χ2v) is 3.05. The van der Waals surface area contributed by atoms with Crippen molar-refractivity contribution in [3.05, 3.63) is 0 Å². The van der Waals surface area contributed by atoms with Crippen molar-refractivity contribution in [1.29, 1.82) is 0 Å². The van der Waals surface area contributed by atoms with Crippen molar-refractivity contribution in [2.45, 2.75) is 25.9 Å². The molecular weight excluding hydrogens is 144 g/mol. The summed E-state index contributed by atoms with van der Waals surface area (Å²) in [6, 6.07) is 0. The fourth-order valence-corrected chi connectivity index (χ4v) is 0.587. The third-order valence-corrected chi connectivity index (χ3v) is 1.64. The summed E-state index contributed by atoms with van der Waals surface area (Å²) in [6.45, 7) is 5.17. The summed E-state index contributed by atoms with van der Waals surface area (Å²) in [5, 5.41) is 8.40. The van der Waals surface area contributed by atoms with Gasteiger partial charge in [0.2, 0.25) is 0 Å². The van der Waals surface area contributed by atoms with Crippen molar-refractivity contribution in [1.82, 2.24) is 0 Å². The first-order chi connectivity index (χ1) is 5.12. The molecule has 0 saturated heterocycles. The predicted molar refractivity (Wildman–Crippen MR) is 43.6 cm³/mol. The number of methoxy groups -OCH3 is 1. The third-order valence-electron chi connectivity index (χ3n) is 1.64. The van der Waals surface area contributed by atoms with E-state index < -0.39 is 0 Å². The first-order valence-electron chi connectivity index (χ1n) is 3.86. The highest BCUT2D eigenvalue weighted by molar-refractivity contribution is 4.66. The molecule has 0 aromatic heterocycles. The summed E-state index contributed by atoms with van der Waals surface area (Å²) < 4.78 is 10.3. The molecule has 0 aliphatic rings. The molecule has 3 heteroatoms. The van der Waals surface area contributed by atoms with Crippen LogP contribution in [0.4, 0.5) is 0 Å². The number of hydrogen-bond donors (Lipinski definition) is 1. The molecule has 0 aromatic carbocycles. The van der Waals surface area contributed by atoms with E-state index >= 15 is 0 Å². The maximum atomic E-state index is 8.40. The molecule has 68 valence electrons. The lowest BCUT2D eigenvalue weighted by Gasteiger charge is -2.22. The Hall–Kier alpha value is -0.120. The van der Waals surface area contributed by atoms with E-state index in [-0.39, 0.29) is 12.2 Å². The van der Waals surface area contributed by atoms with Crippen LogP contribution in [0.15, 0.2) is 0 Å². The SMILES string of the molecule is COC(C)(C)CCOCCO. The summed E-state index contributed by atoms with van der Waals surface area (Å²) in [4.78, 5) is 0. The molecular formula is C8H18O3. The molecule has 0 spiro atoms. The van der Waals surface area contributed by atoms with Crippen LogP contribution >= 0.6 is 0 Å². The molecule has 0 rings (SSSR count). The van der Waals surface area contributed by atoms with Crippen LogP contribution < -0.4 is 0 Å². The summed E-state index contributed by atoms with van der Waals surface area (Å²) in [5.74, 6) is 0. The molecule has 0 heterocycles. The quantitative estimate of drug-likeness (QED) is 0.587. The minimum Gasteiger partial charge on any atom is -0.394 e. The first-order valence-corrected chi connectivity index (χ1v) is 3.86. The van der Waals surface area contributed by atoms with E-state index in [4.69, 9.17) is 14.6 Å². The Bertz CT molecular complexity index is 91.3. The summed E-state index contributed by atoms with van der Waals surface area (Å²) in [6.07, 6.45) is 0.851.